The standard InChI is InChI=1S/C13H13BrFN3/c1-3-11-17-10(14)7-12(18-11)16-9-6-4-5-8(2)13(9)15/h4-7H,3H2,1-2H3,(H,16,17,18). The van der Waals surface area contributed by atoms with Crippen molar-refractivity contribution in [3.63, 3.8) is 0 Å². The molecule has 0 aliphatic rings. The van der Waals surface area contributed by atoms with Gasteiger partial charge in [0.05, 0.1) is 5.69 Å². The van der Waals surface area contributed by atoms with Gasteiger partial charge in [0.1, 0.15) is 22.1 Å². The van der Waals surface area contributed by atoms with E-state index in [0.717, 1.165) is 6.42 Å². The molecule has 0 saturated heterocycles. The van der Waals surface area contributed by atoms with E-state index in [-0.39, 0.29) is 5.82 Å². The van der Waals surface area contributed by atoms with Crippen LogP contribution in [0.5, 0.6) is 0 Å². The van der Waals surface area contributed by atoms with Crippen LogP contribution in [0, 0.1) is 12.7 Å². The number of rotatable bonds is 3. The normalized spacial score (nSPS) is 10.4. The molecule has 0 bridgehead atoms. The molecule has 0 aliphatic heterocycles. The van der Waals surface area contributed by atoms with E-state index >= 15 is 0 Å². The summed E-state index contributed by atoms with van der Waals surface area (Å²) in [6.45, 7) is 3.70. The van der Waals surface area contributed by atoms with Crippen LogP contribution in [0.15, 0.2) is 28.9 Å². The van der Waals surface area contributed by atoms with Gasteiger partial charge in [-0.05, 0) is 34.5 Å². The van der Waals surface area contributed by atoms with Gasteiger partial charge in [0.25, 0.3) is 0 Å². The van der Waals surface area contributed by atoms with Crippen LogP contribution in [0.3, 0.4) is 0 Å². The third-order valence-corrected chi connectivity index (χ3v) is 2.92. The lowest BCUT2D eigenvalue weighted by molar-refractivity contribution is 0.622. The minimum Gasteiger partial charge on any atom is -0.338 e. The van der Waals surface area contributed by atoms with E-state index in [1.807, 2.05) is 6.92 Å². The Morgan fingerprint density at radius 1 is 1.33 bits per heavy atom. The van der Waals surface area contributed by atoms with Gasteiger partial charge in [0, 0.05) is 12.5 Å². The van der Waals surface area contributed by atoms with Crippen molar-refractivity contribution in [1.82, 2.24) is 9.97 Å². The molecular formula is C13H13BrFN3. The second kappa shape index (κ2) is 5.44. The Hall–Kier alpha value is -1.49. The number of aryl methyl sites for hydroxylation is 2. The first-order chi connectivity index (χ1) is 8.60. The fraction of sp³-hybridized carbons (Fsp3) is 0.231. The maximum absolute atomic E-state index is 13.9. The van der Waals surface area contributed by atoms with Crippen molar-refractivity contribution in [1.29, 1.82) is 0 Å². The molecule has 0 unspecified atom stereocenters. The second-order valence-corrected chi connectivity index (χ2v) is 4.72. The molecule has 18 heavy (non-hydrogen) atoms. The van der Waals surface area contributed by atoms with Crippen LogP contribution in [-0.4, -0.2) is 9.97 Å². The smallest absolute Gasteiger partial charge is 0.149 e. The molecule has 1 aromatic heterocycles. The fourth-order valence-corrected chi connectivity index (χ4v) is 1.99. The lowest BCUT2D eigenvalue weighted by Gasteiger charge is -2.09. The van der Waals surface area contributed by atoms with E-state index in [2.05, 4.69) is 31.2 Å². The van der Waals surface area contributed by atoms with E-state index < -0.39 is 0 Å². The summed E-state index contributed by atoms with van der Waals surface area (Å²) in [4.78, 5) is 8.50. The minimum absolute atomic E-state index is 0.259. The first kappa shape index (κ1) is 13.0. The zero-order chi connectivity index (χ0) is 13.1. The number of benzene rings is 1. The van der Waals surface area contributed by atoms with E-state index in [1.165, 1.54) is 0 Å². The Morgan fingerprint density at radius 3 is 2.83 bits per heavy atom. The lowest BCUT2D eigenvalue weighted by Crippen LogP contribution is -2.01. The lowest BCUT2D eigenvalue weighted by atomic mass is 10.2. The van der Waals surface area contributed by atoms with Gasteiger partial charge in [-0.25, -0.2) is 14.4 Å². The van der Waals surface area contributed by atoms with Gasteiger partial charge in [-0.1, -0.05) is 19.1 Å². The molecule has 1 heterocycles. The van der Waals surface area contributed by atoms with Gasteiger partial charge in [-0.3, -0.25) is 0 Å². The highest BCUT2D eigenvalue weighted by Gasteiger charge is 2.07. The Balaban J connectivity index is 2.34. The summed E-state index contributed by atoms with van der Waals surface area (Å²) < 4.78 is 14.5. The maximum Gasteiger partial charge on any atom is 0.149 e. The molecule has 0 saturated carbocycles. The molecule has 0 aliphatic carbocycles. The highest BCUT2D eigenvalue weighted by molar-refractivity contribution is 9.10. The average Bonchev–Trinajstić information content (AvgIpc) is 2.34. The molecule has 94 valence electrons. The molecule has 0 spiro atoms. The molecule has 1 aromatic carbocycles. The third kappa shape index (κ3) is 2.85. The largest absolute Gasteiger partial charge is 0.338 e. The van der Waals surface area contributed by atoms with Crippen LogP contribution < -0.4 is 5.32 Å². The van der Waals surface area contributed by atoms with E-state index in [4.69, 9.17) is 0 Å². The number of hydrogen-bond acceptors (Lipinski definition) is 3. The summed E-state index contributed by atoms with van der Waals surface area (Å²) in [5, 5.41) is 2.97. The second-order valence-electron chi connectivity index (χ2n) is 3.91. The first-order valence-corrected chi connectivity index (χ1v) is 6.45. The Morgan fingerprint density at radius 2 is 2.11 bits per heavy atom. The van der Waals surface area contributed by atoms with Gasteiger partial charge in [-0.2, -0.15) is 0 Å². The van der Waals surface area contributed by atoms with Gasteiger partial charge in [0.15, 0.2) is 0 Å². The van der Waals surface area contributed by atoms with Crippen molar-refractivity contribution in [2.75, 3.05) is 5.32 Å². The fourth-order valence-electron chi connectivity index (χ4n) is 1.57. The highest BCUT2D eigenvalue weighted by Crippen LogP contribution is 2.22. The van der Waals surface area contributed by atoms with Crippen LogP contribution >= 0.6 is 15.9 Å². The van der Waals surface area contributed by atoms with Gasteiger partial charge < -0.3 is 5.32 Å². The van der Waals surface area contributed by atoms with Crippen molar-refractivity contribution in [3.8, 4) is 0 Å². The van der Waals surface area contributed by atoms with E-state index in [9.17, 15) is 4.39 Å². The summed E-state index contributed by atoms with van der Waals surface area (Å²) in [5.41, 5.74) is 1.02. The van der Waals surface area contributed by atoms with Gasteiger partial charge >= 0.3 is 0 Å². The van der Waals surface area contributed by atoms with Crippen molar-refractivity contribution < 1.29 is 4.39 Å². The topological polar surface area (TPSA) is 37.8 Å². The molecule has 5 heteroatoms. The SMILES string of the molecule is CCc1nc(Br)cc(Nc2cccc(C)c2F)n1. The van der Waals surface area contributed by atoms with Gasteiger partial charge in [0.2, 0.25) is 0 Å². The van der Waals surface area contributed by atoms with Crippen LogP contribution in [0.4, 0.5) is 15.9 Å². The monoisotopic (exact) mass is 309 g/mol. The maximum atomic E-state index is 13.9. The predicted molar refractivity (Wildman–Crippen MR) is 73.5 cm³/mol. The number of nitrogens with one attached hydrogen (secondary N) is 1. The predicted octanol–water partition coefficient (Wildman–Crippen LogP) is 3.99. The molecule has 0 amide bonds. The highest BCUT2D eigenvalue weighted by atomic mass is 79.9. The summed E-state index contributed by atoms with van der Waals surface area (Å²) in [5.74, 6) is 1.03. The Labute approximate surface area is 114 Å². The molecule has 0 atom stereocenters. The summed E-state index contributed by atoms with van der Waals surface area (Å²) >= 11 is 3.32. The Kier molecular flexibility index (Phi) is 3.91. The number of nitrogens with zero attached hydrogens (tertiary/aromatic N) is 2. The molecule has 2 rings (SSSR count). The van der Waals surface area contributed by atoms with Crippen LogP contribution in [0.25, 0.3) is 0 Å². The first-order valence-electron chi connectivity index (χ1n) is 5.65. The Bertz CT molecular complexity index is 572. The number of aromatic nitrogens is 2. The molecule has 2 aromatic rings. The van der Waals surface area contributed by atoms with Crippen LogP contribution in [0.1, 0.15) is 18.3 Å². The summed E-state index contributed by atoms with van der Waals surface area (Å²) in [6, 6.07) is 6.94. The average molecular weight is 310 g/mol. The van der Waals surface area contributed by atoms with Crippen LogP contribution in [-0.2, 0) is 6.42 Å². The van der Waals surface area contributed by atoms with Crippen molar-refractivity contribution >= 4 is 27.4 Å². The van der Waals surface area contributed by atoms with Crippen molar-refractivity contribution in [2.45, 2.75) is 20.3 Å². The quantitative estimate of drug-likeness (QED) is 0.871. The third-order valence-electron chi connectivity index (χ3n) is 2.51. The summed E-state index contributed by atoms with van der Waals surface area (Å²) in [6.07, 6.45) is 0.727. The zero-order valence-electron chi connectivity index (χ0n) is 10.2. The van der Waals surface area contributed by atoms with Crippen molar-refractivity contribution in [2.24, 2.45) is 0 Å². The molecular weight excluding hydrogens is 297 g/mol. The van der Waals surface area contributed by atoms with E-state index in [1.54, 1.807) is 31.2 Å². The molecule has 0 radical (unpaired) electrons. The van der Waals surface area contributed by atoms with Gasteiger partial charge in [-0.15, -0.1) is 0 Å². The summed E-state index contributed by atoms with van der Waals surface area (Å²) in [7, 11) is 0. The zero-order valence-corrected chi connectivity index (χ0v) is 11.8. The van der Waals surface area contributed by atoms with Crippen LogP contribution in [0.2, 0.25) is 0 Å². The van der Waals surface area contributed by atoms with E-state index in [0.29, 0.717) is 27.5 Å². The molecule has 0 fully saturated rings. The number of halogens is 2. The molecule has 1 N–H and O–H groups in total. The number of hydrogen-bond donors (Lipinski definition) is 1. The minimum atomic E-state index is -0.259. The molecule has 3 nitrogen and oxygen atoms in total. The number of anilines is 2. The van der Waals surface area contributed by atoms with Crippen molar-refractivity contribution in [3.05, 3.63) is 46.1 Å².